The Morgan fingerprint density at radius 3 is 2.83 bits per heavy atom. The summed E-state index contributed by atoms with van der Waals surface area (Å²) >= 11 is 0. The highest BCUT2D eigenvalue weighted by Gasteiger charge is 2.29. The van der Waals surface area contributed by atoms with Gasteiger partial charge in [-0.15, -0.1) is 0 Å². The average molecular weight is 249 g/mol. The number of hydrogen-bond acceptors (Lipinski definition) is 4. The molecule has 1 N–H and O–H groups in total. The summed E-state index contributed by atoms with van der Waals surface area (Å²) in [5.41, 5.74) is 2.12. The van der Waals surface area contributed by atoms with Crippen LogP contribution in [0, 0.1) is 12.3 Å². The standard InChI is InChI=1S/C14H23N3O/c1-11-7-16-12(8-15-11)9-17-5-4-13(18)6-14(2,3)10-17/h7-8,13,18H,4-6,9-10H2,1-3H3/t13-/m0/s1. The minimum absolute atomic E-state index is 0.161. The molecule has 0 spiro atoms. The molecule has 2 heterocycles. The van der Waals surface area contributed by atoms with Crippen molar-refractivity contribution in [3.05, 3.63) is 23.8 Å². The van der Waals surface area contributed by atoms with Crippen LogP contribution in [-0.2, 0) is 6.54 Å². The van der Waals surface area contributed by atoms with Crippen LogP contribution in [0.15, 0.2) is 12.4 Å². The molecule has 1 atom stereocenters. The van der Waals surface area contributed by atoms with E-state index in [1.54, 1.807) is 0 Å². The molecule has 18 heavy (non-hydrogen) atoms. The number of aryl methyl sites for hydroxylation is 1. The number of rotatable bonds is 2. The van der Waals surface area contributed by atoms with E-state index in [-0.39, 0.29) is 11.5 Å². The zero-order valence-corrected chi connectivity index (χ0v) is 11.6. The summed E-state index contributed by atoms with van der Waals surface area (Å²) in [5, 5.41) is 9.89. The molecule has 4 heteroatoms. The lowest BCUT2D eigenvalue weighted by Crippen LogP contribution is -2.32. The normalized spacial score (nSPS) is 24.8. The predicted molar refractivity (Wildman–Crippen MR) is 71.1 cm³/mol. The van der Waals surface area contributed by atoms with Gasteiger partial charge in [0.2, 0.25) is 0 Å². The zero-order chi connectivity index (χ0) is 13.2. The summed E-state index contributed by atoms with van der Waals surface area (Å²) in [6, 6.07) is 0. The van der Waals surface area contributed by atoms with Crippen LogP contribution in [0.1, 0.15) is 38.1 Å². The molecule has 0 radical (unpaired) electrons. The summed E-state index contributed by atoms with van der Waals surface area (Å²) in [6.45, 7) is 9.14. The third-order valence-corrected chi connectivity index (χ3v) is 3.44. The molecule has 1 fully saturated rings. The third kappa shape index (κ3) is 3.75. The molecular weight excluding hydrogens is 226 g/mol. The van der Waals surface area contributed by atoms with Gasteiger partial charge in [0.25, 0.3) is 0 Å². The molecule has 1 aliphatic heterocycles. The van der Waals surface area contributed by atoms with Crippen LogP contribution in [0.5, 0.6) is 0 Å². The molecule has 2 rings (SSSR count). The maximum absolute atomic E-state index is 9.89. The second-order valence-electron chi connectivity index (χ2n) is 6.17. The molecular formula is C14H23N3O. The van der Waals surface area contributed by atoms with E-state index in [4.69, 9.17) is 0 Å². The van der Waals surface area contributed by atoms with Crippen LogP contribution < -0.4 is 0 Å². The Morgan fingerprint density at radius 2 is 2.17 bits per heavy atom. The Balaban J connectivity index is 2.02. The van der Waals surface area contributed by atoms with Crippen molar-refractivity contribution in [2.24, 2.45) is 5.41 Å². The van der Waals surface area contributed by atoms with Crippen molar-refractivity contribution in [1.29, 1.82) is 0 Å². The maximum Gasteiger partial charge on any atom is 0.0727 e. The second kappa shape index (κ2) is 5.33. The molecule has 0 unspecified atom stereocenters. The van der Waals surface area contributed by atoms with Gasteiger partial charge in [-0.1, -0.05) is 13.8 Å². The van der Waals surface area contributed by atoms with E-state index in [1.807, 2.05) is 19.3 Å². The second-order valence-corrected chi connectivity index (χ2v) is 6.17. The molecule has 1 aromatic rings. The Bertz CT molecular complexity index is 389. The minimum atomic E-state index is -0.172. The van der Waals surface area contributed by atoms with E-state index < -0.39 is 0 Å². The molecule has 1 saturated heterocycles. The van der Waals surface area contributed by atoms with Gasteiger partial charge in [0.1, 0.15) is 0 Å². The van der Waals surface area contributed by atoms with Crippen LogP contribution in [-0.4, -0.2) is 39.2 Å². The van der Waals surface area contributed by atoms with E-state index in [9.17, 15) is 5.11 Å². The van der Waals surface area contributed by atoms with Crippen LogP contribution in [0.2, 0.25) is 0 Å². The van der Waals surface area contributed by atoms with Gasteiger partial charge < -0.3 is 5.11 Å². The first kappa shape index (κ1) is 13.4. The summed E-state index contributed by atoms with van der Waals surface area (Å²) in [7, 11) is 0. The van der Waals surface area contributed by atoms with Gasteiger partial charge in [0, 0.05) is 32.0 Å². The monoisotopic (exact) mass is 249 g/mol. The van der Waals surface area contributed by atoms with E-state index >= 15 is 0 Å². The Morgan fingerprint density at radius 1 is 1.39 bits per heavy atom. The summed E-state index contributed by atoms with van der Waals surface area (Å²) in [5.74, 6) is 0. The molecule has 0 aromatic carbocycles. The van der Waals surface area contributed by atoms with Gasteiger partial charge in [-0.25, -0.2) is 0 Å². The lowest BCUT2D eigenvalue weighted by atomic mass is 9.87. The molecule has 0 bridgehead atoms. The number of aliphatic hydroxyl groups excluding tert-OH is 1. The SMILES string of the molecule is Cc1cnc(CN2CC[C@H](O)CC(C)(C)C2)cn1. The van der Waals surface area contributed by atoms with Crippen molar-refractivity contribution in [1.82, 2.24) is 14.9 Å². The van der Waals surface area contributed by atoms with Gasteiger partial charge >= 0.3 is 0 Å². The van der Waals surface area contributed by atoms with Crippen LogP contribution in [0.25, 0.3) is 0 Å². The largest absolute Gasteiger partial charge is 0.393 e. The smallest absolute Gasteiger partial charge is 0.0727 e. The van der Waals surface area contributed by atoms with Gasteiger partial charge in [0.15, 0.2) is 0 Å². The summed E-state index contributed by atoms with van der Waals surface area (Å²) < 4.78 is 0. The fraction of sp³-hybridized carbons (Fsp3) is 0.714. The van der Waals surface area contributed by atoms with E-state index in [0.717, 1.165) is 43.9 Å². The Kier molecular flexibility index (Phi) is 3.97. The van der Waals surface area contributed by atoms with E-state index in [2.05, 4.69) is 28.7 Å². The predicted octanol–water partition coefficient (Wildman–Crippen LogP) is 1.77. The first-order valence-electron chi connectivity index (χ1n) is 6.63. The van der Waals surface area contributed by atoms with Crippen LogP contribution >= 0.6 is 0 Å². The molecule has 4 nitrogen and oxygen atoms in total. The lowest BCUT2D eigenvalue weighted by molar-refractivity contribution is 0.121. The van der Waals surface area contributed by atoms with Gasteiger partial charge in [-0.05, 0) is 25.2 Å². The minimum Gasteiger partial charge on any atom is -0.393 e. The van der Waals surface area contributed by atoms with E-state index in [1.165, 1.54) is 0 Å². The van der Waals surface area contributed by atoms with E-state index in [0.29, 0.717) is 0 Å². The highest BCUT2D eigenvalue weighted by molar-refractivity contribution is 5.01. The number of aliphatic hydroxyl groups is 1. The Hall–Kier alpha value is -1.00. The highest BCUT2D eigenvalue weighted by Crippen LogP contribution is 2.28. The van der Waals surface area contributed by atoms with Crippen LogP contribution in [0.3, 0.4) is 0 Å². The fourth-order valence-corrected chi connectivity index (χ4v) is 2.69. The fourth-order valence-electron chi connectivity index (χ4n) is 2.69. The van der Waals surface area contributed by atoms with Crippen molar-refractivity contribution < 1.29 is 5.11 Å². The Labute approximate surface area is 109 Å². The molecule has 0 amide bonds. The zero-order valence-electron chi connectivity index (χ0n) is 11.6. The molecule has 0 saturated carbocycles. The van der Waals surface area contributed by atoms with Gasteiger partial charge in [-0.3, -0.25) is 14.9 Å². The topological polar surface area (TPSA) is 49.2 Å². The molecule has 1 aromatic heterocycles. The van der Waals surface area contributed by atoms with Gasteiger partial charge in [-0.2, -0.15) is 0 Å². The average Bonchev–Trinajstić information content (AvgIpc) is 2.40. The number of hydrogen-bond donors (Lipinski definition) is 1. The van der Waals surface area contributed by atoms with Crippen molar-refractivity contribution >= 4 is 0 Å². The highest BCUT2D eigenvalue weighted by atomic mass is 16.3. The van der Waals surface area contributed by atoms with Crippen molar-refractivity contribution in [2.75, 3.05) is 13.1 Å². The summed E-state index contributed by atoms with van der Waals surface area (Å²) in [4.78, 5) is 11.1. The number of aromatic nitrogens is 2. The molecule has 0 aliphatic carbocycles. The van der Waals surface area contributed by atoms with Crippen LogP contribution in [0.4, 0.5) is 0 Å². The van der Waals surface area contributed by atoms with Crippen molar-refractivity contribution in [2.45, 2.75) is 46.3 Å². The van der Waals surface area contributed by atoms with Crippen molar-refractivity contribution in [3.8, 4) is 0 Å². The van der Waals surface area contributed by atoms with Crippen molar-refractivity contribution in [3.63, 3.8) is 0 Å². The van der Waals surface area contributed by atoms with Gasteiger partial charge in [0.05, 0.1) is 17.5 Å². The number of nitrogens with zero attached hydrogens (tertiary/aromatic N) is 3. The number of likely N-dealkylation sites (tertiary alicyclic amines) is 1. The molecule has 1 aliphatic rings. The lowest BCUT2D eigenvalue weighted by Gasteiger charge is -2.29. The third-order valence-electron chi connectivity index (χ3n) is 3.44. The maximum atomic E-state index is 9.89. The molecule has 100 valence electrons. The quantitative estimate of drug-likeness (QED) is 0.868. The summed E-state index contributed by atoms with van der Waals surface area (Å²) in [6.07, 6.45) is 5.22. The first-order chi connectivity index (χ1) is 8.44. The first-order valence-corrected chi connectivity index (χ1v) is 6.63.